The van der Waals surface area contributed by atoms with Crippen LogP contribution in [0, 0.1) is 13.8 Å². The second-order valence-corrected chi connectivity index (χ2v) is 8.62. The Morgan fingerprint density at radius 3 is 2.53 bits per heavy atom. The highest BCUT2D eigenvalue weighted by Gasteiger charge is 2.33. The largest absolute Gasteiger partial charge is 0.463 e. The highest BCUT2D eigenvalue weighted by Crippen LogP contribution is 2.30. The molecule has 0 spiro atoms. The van der Waals surface area contributed by atoms with E-state index < -0.39 is 12.0 Å². The number of allylic oxidation sites excluding steroid dienone is 1. The van der Waals surface area contributed by atoms with Gasteiger partial charge >= 0.3 is 5.97 Å². The van der Waals surface area contributed by atoms with E-state index >= 15 is 0 Å². The Morgan fingerprint density at radius 1 is 1.19 bits per heavy atom. The van der Waals surface area contributed by atoms with E-state index in [1.165, 1.54) is 11.3 Å². The number of hydrogen-bond donors (Lipinski definition) is 0. The highest BCUT2D eigenvalue weighted by molar-refractivity contribution is 7.07. The zero-order valence-corrected chi connectivity index (χ0v) is 19.7. The van der Waals surface area contributed by atoms with E-state index in [0.717, 1.165) is 29.1 Å². The van der Waals surface area contributed by atoms with Crippen molar-refractivity contribution in [1.82, 2.24) is 14.3 Å². The van der Waals surface area contributed by atoms with Crippen LogP contribution in [0.15, 0.2) is 51.4 Å². The Labute approximate surface area is 190 Å². The van der Waals surface area contributed by atoms with Crippen LogP contribution in [0.4, 0.5) is 0 Å². The average molecular weight is 451 g/mol. The lowest BCUT2D eigenvalue weighted by atomic mass is 9.96. The zero-order valence-electron chi connectivity index (χ0n) is 18.9. The van der Waals surface area contributed by atoms with Crippen LogP contribution in [0.1, 0.15) is 49.3 Å². The van der Waals surface area contributed by atoms with E-state index in [4.69, 9.17) is 4.74 Å². The first-order valence-electron chi connectivity index (χ1n) is 10.7. The normalized spacial score (nSPS) is 16.2. The molecule has 0 saturated heterocycles. The molecule has 0 amide bonds. The second kappa shape index (κ2) is 8.70. The number of rotatable bonds is 5. The third kappa shape index (κ3) is 3.64. The van der Waals surface area contributed by atoms with Crippen molar-refractivity contribution >= 4 is 23.4 Å². The lowest BCUT2D eigenvalue weighted by molar-refractivity contribution is -0.139. The number of benzene rings is 1. The fraction of sp³-hybridized carbons (Fsp3) is 0.333. The highest BCUT2D eigenvalue weighted by atomic mass is 32.1. The van der Waals surface area contributed by atoms with Crippen LogP contribution in [-0.4, -0.2) is 26.9 Å². The monoisotopic (exact) mass is 450 g/mol. The molecule has 4 rings (SSSR count). The van der Waals surface area contributed by atoms with E-state index in [1.54, 1.807) is 18.4 Å². The first-order valence-corrected chi connectivity index (χ1v) is 11.5. The van der Waals surface area contributed by atoms with Gasteiger partial charge in [0, 0.05) is 17.8 Å². The molecule has 1 aliphatic heterocycles. The predicted octanol–water partition coefficient (Wildman–Crippen LogP) is 2.63. The zero-order chi connectivity index (χ0) is 23.0. The van der Waals surface area contributed by atoms with Crippen molar-refractivity contribution < 1.29 is 9.53 Å². The van der Waals surface area contributed by atoms with Crippen molar-refractivity contribution in [3.8, 4) is 0 Å². The molecule has 1 unspecified atom stereocenters. The number of fused-ring (bicyclic) bond motifs is 1. The summed E-state index contributed by atoms with van der Waals surface area (Å²) in [4.78, 5) is 31.7. The van der Waals surface area contributed by atoms with Gasteiger partial charge in [-0.05, 0) is 46.3 Å². The van der Waals surface area contributed by atoms with Gasteiger partial charge in [0.05, 0.1) is 34.1 Å². The molecular formula is C24H26N4O3S. The quantitative estimate of drug-likeness (QED) is 0.560. The number of thiazole rings is 1. The van der Waals surface area contributed by atoms with Gasteiger partial charge in [-0.1, -0.05) is 41.7 Å². The van der Waals surface area contributed by atoms with Crippen molar-refractivity contribution in [3.63, 3.8) is 0 Å². The summed E-state index contributed by atoms with van der Waals surface area (Å²) in [5, 5.41) is 4.56. The van der Waals surface area contributed by atoms with Gasteiger partial charge in [-0.25, -0.2) is 9.79 Å². The smallest absolute Gasteiger partial charge is 0.338 e. The summed E-state index contributed by atoms with van der Waals surface area (Å²) in [5.41, 5.74) is 4.44. The molecule has 32 heavy (non-hydrogen) atoms. The Morgan fingerprint density at radius 2 is 1.91 bits per heavy atom. The van der Waals surface area contributed by atoms with Gasteiger partial charge in [0.25, 0.3) is 5.56 Å². The van der Waals surface area contributed by atoms with E-state index in [-0.39, 0.29) is 12.2 Å². The molecule has 1 atom stereocenters. The molecule has 0 N–H and O–H groups in total. The van der Waals surface area contributed by atoms with Gasteiger partial charge in [0.2, 0.25) is 0 Å². The molecule has 0 saturated carbocycles. The Kier molecular flexibility index (Phi) is 5.97. The van der Waals surface area contributed by atoms with Crippen LogP contribution in [0.25, 0.3) is 6.08 Å². The van der Waals surface area contributed by atoms with Crippen LogP contribution in [0.3, 0.4) is 0 Å². The third-order valence-corrected chi connectivity index (χ3v) is 6.63. The van der Waals surface area contributed by atoms with Crippen molar-refractivity contribution in [2.24, 2.45) is 4.99 Å². The molecule has 166 valence electrons. The predicted molar refractivity (Wildman–Crippen MR) is 124 cm³/mol. The first-order chi connectivity index (χ1) is 15.4. The maximum Gasteiger partial charge on any atom is 0.338 e. The molecule has 0 radical (unpaired) electrons. The number of carbonyl (C=O) groups excluding carboxylic acids is 1. The van der Waals surface area contributed by atoms with Crippen LogP contribution in [0.2, 0.25) is 0 Å². The maximum atomic E-state index is 13.6. The van der Waals surface area contributed by atoms with Gasteiger partial charge < -0.3 is 4.74 Å². The van der Waals surface area contributed by atoms with Gasteiger partial charge in [-0.2, -0.15) is 5.10 Å². The molecule has 0 bridgehead atoms. The summed E-state index contributed by atoms with van der Waals surface area (Å²) in [6.45, 7) is 10.6. The third-order valence-electron chi connectivity index (χ3n) is 5.64. The minimum atomic E-state index is -0.589. The van der Waals surface area contributed by atoms with Gasteiger partial charge in [-0.3, -0.25) is 14.0 Å². The fourth-order valence-corrected chi connectivity index (χ4v) is 5.13. The molecule has 1 aliphatic rings. The summed E-state index contributed by atoms with van der Waals surface area (Å²) in [7, 11) is 0. The molecule has 0 fully saturated rings. The van der Waals surface area contributed by atoms with E-state index in [0.29, 0.717) is 20.6 Å². The number of hydrogen-bond acceptors (Lipinski definition) is 6. The average Bonchev–Trinajstić information content (AvgIpc) is 3.23. The minimum Gasteiger partial charge on any atom is -0.463 e. The number of aryl methyl sites for hydroxylation is 2. The summed E-state index contributed by atoms with van der Waals surface area (Å²) in [6, 6.07) is 8.95. The Balaban J connectivity index is 1.97. The minimum absolute atomic E-state index is 0.181. The first kappa shape index (κ1) is 22.0. The molecule has 3 heterocycles. The lowest BCUT2D eigenvalue weighted by Crippen LogP contribution is -2.39. The van der Waals surface area contributed by atoms with E-state index in [1.807, 2.05) is 61.9 Å². The SMILES string of the molecule is CCOC(=O)C1=C(C)N=c2sc(=Cc3c(C)nn(CC)c3C)c(=O)n2C1c1ccccc1. The van der Waals surface area contributed by atoms with Crippen LogP contribution in [-0.2, 0) is 16.1 Å². The van der Waals surface area contributed by atoms with E-state index in [2.05, 4.69) is 10.1 Å². The molecule has 7 nitrogen and oxygen atoms in total. The number of nitrogens with zero attached hydrogens (tertiary/aromatic N) is 4. The van der Waals surface area contributed by atoms with Crippen LogP contribution >= 0.6 is 11.3 Å². The van der Waals surface area contributed by atoms with Crippen LogP contribution < -0.4 is 14.9 Å². The summed E-state index contributed by atoms with van der Waals surface area (Å²) >= 11 is 1.33. The van der Waals surface area contributed by atoms with Gasteiger partial charge in [0.1, 0.15) is 0 Å². The fourth-order valence-electron chi connectivity index (χ4n) is 4.10. The second-order valence-electron chi connectivity index (χ2n) is 7.61. The van der Waals surface area contributed by atoms with Gasteiger partial charge in [-0.15, -0.1) is 0 Å². The molecule has 0 aliphatic carbocycles. The van der Waals surface area contributed by atoms with Crippen molar-refractivity contribution in [3.05, 3.63) is 83.8 Å². The lowest BCUT2D eigenvalue weighted by Gasteiger charge is -2.24. The Hall–Kier alpha value is -3.26. The number of esters is 1. The number of carbonyl (C=O) groups is 1. The summed E-state index contributed by atoms with van der Waals surface area (Å²) < 4.78 is 9.42. The molecule has 3 aromatic rings. The maximum absolute atomic E-state index is 13.6. The Bertz CT molecular complexity index is 1390. The number of ether oxygens (including phenoxy) is 1. The molecule has 2 aromatic heterocycles. The van der Waals surface area contributed by atoms with Crippen molar-refractivity contribution in [2.45, 2.75) is 47.2 Å². The summed E-state index contributed by atoms with van der Waals surface area (Å²) in [6.07, 6.45) is 1.89. The van der Waals surface area contributed by atoms with Gasteiger partial charge in [0.15, 0.2) is 4.80 Å². The van der Waals surface area contributed by atoms with Crippen molar-refractivity contribution in [1.29, 1.82) is 0 Å². The molecule has 8 heteroatoms. The van der Waals surface area contributed by atoms with Crippen LogP contribution in [0.5, 0.6) is 0 Å². The van der Waals surface area contributed by atoms with E-state index in [9.17, 15) is 9.59 Å². The van der Waals surface area contributed by atoms with Crippen molar-refractivity contribution in [2.75, 3.05) is 6.61 Å². The molecular weight excluding hydrogens is 424 g/mol. The molecule has 1 aromatic carbocycles. The summed E-state index contributed by atoms with van der Waals surface area (Å²) in [5.74, 6) is -0.451. The number of aromatic nitrogens is 3. The topological polar surface area (TPSA) is 78.5 Å². The standard InChI is InChI=1S/C24H26N4O3S/c1-6-27-16(5)18(14(3)26-27)13-19-22(29)28-21(17-11-9-8-10-12-17)20(23(30)31-7-2)15(4)25-24(28)32-19/h8-13,21H,6-7H2,1-5H3.